The van der Waals surface area contributed by atoms with Crippen LogP contribution < -0.4 is 15.5 Å². The molecule has 24 heavy (non-hydrogen) atoms. The Morgan fingerprint density at radius 1 is 1.08 bits per heavy atom. The number of pyridine rings is 1. The largest absolute Gasteiger partial charge is 0.368 e. The Morgan fingerprint density at radius 2 is 1.96 bits per heavy atom. The van der Waals surface area contributed by atoms with Crippen LogP contribution in [0.4, 0.5) is 11.4 Å². The molecule has 2 fully saturated rings. The molecular weight excluding hydrogens is 316 g/mol. The van der Waals surface area contributed by atoms with Gasteiger partial charge in [0, 0.05) is 31.5 Å². The summed E-state index contributed by atoms with van der Waals surface area (Å²) in [6.07, 6.45) is 15.4. The van der Waals surface area contributed by atoms with Gasteiger partial charge in [0.15, 0.2) is 0 Å². The number of aromatic nitrogens is 1. The summed E-state index contributed by atoms with van der Waals surface area (Å²) in [6.45, 7) is 2.05. The molecule has 0 radical (unpaired) electrons. The van der Waals surface area contributed by atoms with Gasteiger partial charge in [-0.2, -0.15) is 0 Å². The van der Waals surface area contributed by atoms with Gasteiger partial charge in [-0.25, -0.2) is 0 Å². The van der Waals surface area contributed by atoms with Gasteiger partial charge in [0.2, 0.25) is 0 Å². The molecule has 5 heteroatoms. The van der Waals surface area contributed by atoms with Crippen LogP contribution in [0.15, 0.2) is 30.1 Å². The Hall–Kier alpha value is -1.20. The van der Waals surface area contributed by atoms with E-state index in [1.54, 1.807) is 0 Å². The zero-order chi connectivity index (χ0) is 16.4. The Kier molecular flexibility index (Phi) is 4.99. The molecule has 0 amide bonds. The second kappa shape index (κ2) is 7.36. The lowest BCUT2D eigenvalue weighted by Gasteiger charge is -2.38. The van der Waals surface area contributed by atoms with E-state index in [1.807, 2.05) is 24.2 Å². The standard InChI is InChI=1S/C19H28N4S/c20-16-7-4-10-22(14-16)17-8-9-21-13-18(17)23-11-12-24-19(23)15-5-2-1-3-6-15/h8-9,11-13,15-16,19H,1-7,10,14,20H2/t16?,19-/m0/s1. The summed E-state index contributed by atoms with van der Waals surface area (Å²) >= 11 is 1.98. The molecule has 0 aromatic carbocycles. The lowest BCUT2D eigenvalue weighted by molar-refractivity contribution is 0.351. The van der Waals surface area contributed by atoms with E-state index < -0.39 is 0 Å². The third-order valence-electron chi connectivity index (χ3n) is 5.62. The summed E-state index contributed by atoms with van der Waals surface area (Å²) in [4.78, 5) is 9.37. The van der Waals surface area contributed by atoms with Gasteiger partial charge in [0.25, 0.3) is 0 Å². The highest BCUT2D eigenvalue weighted by Crippen LogP contribution is 2.43. The van der Waals surface area contributed by atoms with Crippen molar-refractivity contribution >= 4 is 23.1 Å². The van der Waals surface area contributed by atoms with Crippen LogP contribution in [0.1, 0.15) is 44.9 Å². The predicted octanol–water partition coefficient (Wildman–Crippen LogP) is 3.94. The first kappa shape index (κ1) is 16.3. The lowest BCUT2D eigenvalue weighted by Crippen LogP contribution is -2.43. The molecule has 0 bridgehead atoms. The molecule has 1 unspecified atom stereocenters. The third kappa shape index (κ3) is 3.29. The maximum Gasteiger partial charge on any atom is 0.0863 e. The molecule has 1 aromatic heterocycles. The maximum atomic E-state index is 6.22. The van der Waals surface area contributed by atoms with Crippen LogP contribution in [-0.4, -0.2) is 29.5 Å². The van der Waals surface area contributed by atoms with Crippen LogP contribution >= 0.6 is 11.8 Å². The summed E-state index contributed by atoms with van der Waals surface area (Å²) in [5.74, 6) is 0.787. The molecule has 130 valence electrons. The Bertz CT molecular complexity index is 584. The van der Waals surface area contributed by atoms with Crippen molar-refractivity contribution in [1.82, 2.24) is 4.98 Å². The molecule has 1 saturated carbocycles. The fraction of sp³-hybridized carbons (Fsp3) is 0.632. The van der Waals surface area contributed by atoms with Crippen LogP contribution in [0, 0.1) is 5.92 Å². The fourth-order valence-corrected chi connectivity index (χ4v) is 5.55. The molecule has 0 spiro atoms. The highest BCUT2D eigenvalue weighted by Gasteiger charge is 2.33. The number of piperidine rings is 1. The number of rotatable bonds is 3. The molecule has 3 heterocycles. The average Bonchev–Trinajstić information content (AvgIpc) is 3.12. The molecule has 3 aliphatic rings. The molecule has 1 saturated heterocycles. The fourth-order valence-electron chi connectivity index (χ4n) is 4.38. The van der Waals surface area contributed by atoms with Gasteiger partial charge < -0.3 is 15.5 Å². The van der Waals surface area contributed by atoms with Crippen LogP contribution in [0.3, 0.4) is 0 Å². The van der Waals surface area contributed by atoms with Crippen molar-refractivity contribution in [2.24, 2.45) is 11.7 Å². The van der Waals surface area contributed by atoms with Crippen molar-refractivity contribution < 1.29 is 0 Å². The maximum absolute atomic E-state index is 6.22. The molecule has 1 aliphatic carbocycles. The smallest absolute Gasteiger partial charge is 0.0863 e. The van der Waals surface area contributed by atoms with Crippen LogP contribution in [0.2, 0.25) is 0 Å². The van der Waals surface area contributed by atoms with E-state index >= 15 is 0 Å². The first-order valence-electron chi connectivity index (χ1n) is 9.38. The zero-order valence-electron chi connectivity index (χ0n) is 14.3. The molecule has 4 nitrogen and oxygen atoms in total. The highest BCUT2D eigenvalue weighted by atomic mass is 32.2. The van der Waals surface area contributed by atoms with Crippen molar-refractivity contribution in [2.75, 3.05) is 22.9 Å². The number of nitrogens with zero attached hydrogens (tertiary/aromatic N) is 3. The summed E-state index contributed by atoms with van der Waals surface area (Å²) in [5, 5.41) is 2.80. The van der Waals surface area contributed by atoms with E-state index in [0.717, 1.165) is 25.4 Å². The predicted molar refractivity (Wildman–Crippen MR) is 103 cm³/mol. The molecule has 2 atom stereocenters. The first-order chi connectivity index (χ1) is 11.8. The molecular formula is C19H28N4S. The average molecular weight is 345 g/mol. The van der Waals surface area contributed by atoms with E-state index in [0.29, 0.717) is 5.37 Å². The topological polar surface area (TPSA) is 45.4 Å². The minimum atomic E-state index is 0.289. The van der Waals surface area contributed by atoms with Crippen molar-refractivity contribution in [3.8, 4) is 0 Å². The Labute approximate surface area is 149 Å². The number of hydrogen-bond acceptors (Lipinski definition) is 5. The van der Waals surface area contributed by atoms with E-state index in [-0.39, 0.29) is 6.04 Å². The van der Waals surface area contributed by atoms with Crippen LogP contribution in [0.25, 0.3) is 0 Å². The number of anilines is 2. The van der Waals surface area contributed by atoms with Crippen molar-refractivity contribution in [1.29, 1.82) is 0 Å². The minimum Gasteiger partial charge on any atom is -0.368 e. The lowest BCUT2D eigenvalue weighted by atomic mass is 9.88. The van der Waals surface area contributed by atoms with E-state index in [2.05, 4.69) is 32.5 Å². The zero-order valence-corrected chi connectivity index (χ0v) is 15.1. The summed E-state index contributed by atoms with van der Waals surface area (Å²) in [6, 6.07) is 2.46. The van der Waals surface area contributed by atoms with Gasteiger partial charge in [0.1, 0.15) is 0 Å². The molecule has 4 rings (SSSR count). The third-order valence-corrected chi connectivity index (χ3v) is 6.79. The van der Waals surface area contributed by atoms with Crippen LogP contribution in [-0.2, 0) is 0 Å². The number of nitrogens with two attached hydrogens (primary N) is 1. The minimum absolute atomic E-state index is 0.289. The second-order valence-electron chi connectivity index (χ2n) is 7.33. The molecule has 2 N–H and O–H groups in total. The Morgan fingerprint density at radius 3 is 2.79 bits per heavy atom. The van der Waals surface area contributed by atoms with E-state index in [1.165, 1.54) is 49.9 Å². The number of thioether (sulfide) groups is 1. The van der Waals surface area contributed by atoms with Crippen molar-refractivity contribution in [3.63, 3.8) is 0 Å². The van der Waals surface area contributed by atoms with E-state index in [9.17, 15) is 0 Å². The summed E-state index contributed by atoms with van der Waals surface area (Å²) in [5.41, 5.74) is 8.77. The van der Waals surface area contributed by atoms with Gasteiger partial charge in [-0.05, 0) is 43.1 Å². The quantitative estimate of drug-likeness (QED) is 0.900. The summed E-state index contributed by atoms with van der Waals surface area (Å²) in [7, 11) is 0. The SMILES string of the molecule is NC1CCCN(c2ccncc2N2C=CS[C@H]2C2CCCCC2)C1. The van der Waals surface area contributed by atoms with Gasteiger partial charge in [0.05, 0.1) is 22.9 Å². The monoisotopic (exact) mass is 344 g/mol. The van der Waals surface area contributed by atoms with Crippen molar-refractivity contribution in [3.05, 3.63) is 30.1 Å². The van der Waals surface area contributed by atoms with Crippen molar-refractivity contribution in [2.45, 2.75) is 56.4 Å². The number of hydrogen-bond donors (Lipinski definition) is 1. The molecule has 2 aliphatic heterocycles. The normalized spacial score (nSPS) is 28.5. The highest BCUT2D eigenvalue weighted by molar-refractivity contribution is 8.03. The molecule has 1 aromatic rings. The van der Waals surface area contributed by atoms with Crippen LogP contribution in [0.5, 0.6) is 0 Å². The van der Waals surface area contributed by atoms with Gasteiger partial charge in [-0.1, -0.05) is 19.3 Å². The van der Waals surface area contributed by atoms with Gasteiger partial charge >= 0.3 is 0 Å². The van der Waals surface area contributed by atoms with E-state index in [4.69, 9.17) is 5.73 Å². The van der Waals surface area contributed by atoms with Gasteiger partial charge in [-0.3, -0.25) is 4.98 Å². The summed E-state index contributed by atoms with van der Waals surface area (Å²) < 4.78 is 0. The Balaban J connectivity index is 1.59. The second-order valence-corrected chi connectivity index (χ2v) is 8.36. The first-order valence-corrected chi connectivity index (χ1v) is 10.3. The van der Waals surface area contributed by atoms with Gasteiger partial charge in [-0.15, -0.1) is 11.8 Å².